The van der Waals surface area contributed by atoms with Gasteiger partial charge in [-0.3, -0.25) is 4.68 Å². The van der Waals surface area contributed by atoms with Crippen LogP contribution in [0.2, 0.25) is 0 Å². The second-order valence-corrected chi connectivity index (χ2v) is 3.57. The topological polar surface area (TPSA) is 17.8 Å². The van der Waals surface area contributed by atoms with Crippen LogP contribution in [0.3, 0.4) is 0 Å². The fraction of sp³-hybridized carbons (Fsp3) is 0.500. The Morgan fingerprint density at radius 1 is 1.58 bits per heavy atom. The Labute approximate surface area is 73.6 Å². The van der Waals surface area contributed by atoms with Gasteiger partial charge in [-0.25, -0.2) is 0 Å². The summed E-state index contributed by atoms with van der Waals surface area (Å²) in [6.07, 6.45) is 7.29. The summed E-state index contributed by atoms with van der Waals surface area (Å²) in [7, 11) is 1.92. The maximum atomic E-state index is 5.44. The lowest BCUT2D eigenvalue weighted by molar-refractivity contribution is 0.590. The summed E-state index contributed by atoms with van der Waals surface area (Å²) in [4.78, 5) is 0. The van der Waals surface area contributed by atoms with Gasteiger partial charge >= 0.3 is 0 Å². The Balaban J connectivity index is 3.28. The molecule has 1 rings (SSSR count). The fourth-order valence-electron chi connectivity index (χ4n) is 1.51. The molecule has 0 unspecified atom stereocenters. The lowest BCUT2D eigenvalue weighted by Gasteiger charge is -2.18. The van der Waals surface area contributed by atoms with Crippen LogP contribution in [0.25, 0.3) is 0 Å². The molecule has 0 fully saturated rings. The van der Waals surface area contributed by atoms with Crippen molar-refractivity contribution in [1.29, 1.82) is 0 Å². The van der Waals surface area contributed by atoms with Gasteiger partial charge in [0.2, 0.25) is 0 Å². The van der Waals surface area contributed by atoms with Crippen LogP contribution in [-0.4, -0.2) is 9.78 Å². The van der Waals surface area contributed by atoms with E-state index in [4.69, 9.17) is 6.42 Å². The Kier molecular flexibility index (Phi) is 1.97. The Morgan fingerprint density at radius 3 is 2.50 bits per heavy atom. The SMILES string of the molecule is C#CC(C)(C)c1c(C)cnn1C. The largest absolute Gasteiger partial charge is 0.271 e. The van der Waals surface area contributed by atoms with Gasteiger partial charge in [-0.15, -0.1) is 6.42 Å². The Hall–Kier alpha value is -1.23. The van der Waals surface area contributed by atoms with E-state index in [1.165, 1.54) is 0 Å². The van der Waals surface area contributed by atoms with Crippen molar-refractivity contribution in [2.75, 3.05) is 0 Å². The highest BCUT2D eigenvalue weighted by molar-refractivity contribution is 5.31. The molecule has 1 heterocycles. The van der Waals surface area contributed by atoms with E-state index in [9.17, 15) is 0 Å². The van der Waals surface area contributed by atoms with Crippen LogP contribution in [0, 0.1) is 19.3 Å². The van der Waals surface area contributed by atoms with Gasteiger partial charge in [-0.2, -0.15) is 5.10 Å². The van der Waals surface area contributed by atoms with Crippen LogP contribution in [0.15, 0.2) is 6.20 Å². The molecule has 64 valence electrons. The molecular weight excluding hydrogens is 148 g/mol. The molecule has 0 aromatic carbocycles. The normalized spacial score (nSPS) is 11.2. The molecule has 1 aromatic rings. The highest BCUT2D eigenvalue weighted by Gasteiger charge is 2.23. The predicted octanol–water partition coefficient (Wildman–Crippen LogP) is 1.64. The second-order valence-electron chi connectivity index (χ2n) is 3.57. The molecule has 0 aliphatic rings. The van der Waals surface area contributed by atoms with Gasteiger partial charge in [-0.05, 0) is 26.3 Å². The third-order valence-corrected chi connectivity index (χ3v) is 2.07. The van der Waals surface area contributed by atoms with E-state index in [1.54, 1.807) is 0 Å². The molecule has 0 spiro atoms. The highest BCUT2D eigenvalue weighted by Crippen LogP contribution is 2.24. The number of nitrogens with zero attached hydrogens (tertiary/aromatic N) is 2. The number of terminal acetylenes is 1. The first kappa shape index (κ1) is 8.86. The van der Waals surface area contributed by atoms with Crippen LogP contribution in [-0.2, 0) is 12.5 Å². The number of hydrogen-bond acceptors (Lipinski definition) is 1. The van der Waals surface area contributed by atoms with Gasteiger partial charge in [0.25, 0.3) is 0 Å². The molecule has 0 amide bonds. The van der Waals surface area contributed by atoms with Gasteiger partial charge in [-0.1, -0.05) is 5.92 Å². The van der Waals surface area contributed by atoms with Gasteiger partial charge < -0.3 is 0 Å². The number of rotatable bonds is 1. The minimum Gasteiger partial charge on any atom is -0.271 e. The summed E-state index contributed by atoms with van der Waals surface area (Å²) in [5.41, 5.74) is 2.04. The summed E-state index contributed by atoms with van der Waals surface area (Å²) < 4.78 is 1.84. The third kappa shape index (κ3) is 1.23. The Morgan fingerprint density at radius 2 is 2.17 bits per heavy atom. The maximum absolute atomic E-state index is 5.44. The van der Waals surface area contributed by atoms with E-state index < -0.39 is 0 Å². The van der Waals surface area contributed by atoms with E-state index >= 15 is 0 Å². The van der Waals surface area contributed by atoms with Gasteiger partial charge in [0.1, 0.15) is 0 Å². The van der Waals surface area contributed by atoms with Crippen molar-refractivity contribution in [3.63, 3.8) is 0 Å². The maximum Gasteiger partial charge on any atom is 0.0675 e. The molecule has 0 aliphatic carbocycles. The molecule has 1 aromatic heterocycles. The molecule has 2 nitrogen and oxygen atoms in total. The number of aryl methyl sites for hydroxylation is 2. The summed E-state index contributed by atoms with van der Waals surface area (Å²) in [5, 5.41) is 4.15. The zero-order valence-electron chi connectivity index (χ0n) is 8.05. The molecule has 0 radical (unpaired) electrons. The molecule has 0 saturated carbocycles. The minimum absolute atomic E-state index is 0.227. The quantitative estimate of drug-likeness (QED) is 0.574. The average Bonchev–Trinajstić information content (AvgIpc) is 2.31. The van der Waals surface area contributed by atoms with Gasteiger partial charge in [0, 0.05) is 7.05 Å². The van der Waals surface area contributed by atoms with E-state index in [0.717, 1.165) is 11.3 Å². The van der Waals surface area contributed by atoms with Gasteiger partial charge in [0.05, 0.1) is 17.3 Å². The molecule has 0 bridgehead atoms. The molecule has 12 heavy (non-hydrogen) atoms. The summed E-state index contributed by atoms with van der Waals surface area (Å²) in [6.45, 7) is 6.08. The lowest BCUT2D eigenvalue weighted by atomic mass is 9.88. The van der Waals surface area contributed by atoms with Crippen molar-refractivity contribution in [1.82, 2.24) is 9.78 Å². The Bertz CT molecular complexity index is 307. The van der Waals surface area contributed by atoms with E-state index in [2.05, 4.69) is 11.0 Å². The third-order valence-electron chi connectivity index (χ3n) is 2.07. The minimum atomic E-state index is -0.227. The van der Waals surface area contributed by atoms with E-state index in [-0.39, 0.29) is 5.41 Å². The van der Waals surface area contributed by atoms with Crippen molar-refractivity contribution >= 4 is 0 Å². The molecule has 0 N–H and O–H groups in total. The predicted molar refractivity (Wildman–Crippen MR) is 49.8 cm³/mol. The van der Waals surface area contributed by atoms with Crippen LogP contribution >= 0.6 is 0 Å². The zero-order chi connectivity index (χ0) is 9.35. The van der Waals surface area contributed by atoms with Crippen molar-refractivity contribution in [2.24, 2.45) is 7.05 Å². The summed E-state index contributed by atoms with van der Waals surface area (Å²) in [6, 6.07) is 0. The lowest BCUT2D eigenvalue weighted by Crippen LogP contribution is -2.19. The first-order valence-corrected chi connectivity index (χ1v) is 3.96. The molecular formula is C10H14N2. The standard InChI is InChI=1S/C10H14N2/c1-6-10(3,4)9-8(2)7-11-12(9)5/h1,7H,2-5H3. The number of hydrogen-bond donors (Lipinski definition) is 0. The van der Waals surface area contributed by atoms with E-state index in [0.29, 0.717) is 0 Å². The highest BCUT2D eigenvalue weighted by atomic mass is 15.3. The first-order chi connectivity index (χ1) is 5.49. The van der Waals surface area contributed by atoms with Crippen molar-refractivity contribution in [3.8, 4) is 12.3 Å². The summed E-state index contributed by atoms with van der Waals surface area (Å²) >= 11 is 0. The smallest absolute Gasteiger partial charge is 0.0675 e. The average molecular weight is 162 g/mol. The van der Waals surface area contributed by atoms with E-state index in [1.807, 2.05) is 38.7 Å². The van der Waals surface area contributed by atoms with Crippen LogP contribution in [0.5, 0.6) is 0 Å². The van der Waals surface area contributed by atoms with Crippen molar-refractivity contribution in [2.45, 2.75) is 26.2 Å². The molecule has 0 saturated heterocycles. The number of aromatic nitrogens is 2. The molecule has 0 aliphatic heterocycles. The fourth-order valence-corrected chi connectivity index (χ4v) is 1.51. The van der Waals surface area contributed by atoms with Crippen LogP contribution in [0.1, 0.15) is 25.1 Å². The first-order valence-electron chi connectivity index (χ1n) is 3.96. The van der Waals surface area contributed by atoms with Crippen molar-refractivity contribution < 1.29 is 0 Å². The van der Waals surface area contributed by atoms with Crippen molar-refractivity contribution in [3.05, 3.63) is 17.5 Å². The van der Waals surface area contributed by atoms with Crippen LogP contribution in [0.4, 0.5) is 0 Å². The van der Waals surface area contributed by atoms with Gasteiger partial charge in [0.15, 0.2) is 0 Å². The summed E-state index contributed by atoms with van der Waals surface area (Å²) in [5.74, 6) is 2.76. The monoisotopic (exact) mass is 162 g/mol. The zero-order valence-corrected chi connectivity index (χ0v) is 8.05. The molecule has 2 heteroatoms. The molecule has 0 atom stereocenters. The second kappa shape index (κ2) is 2.67. The van der Waals surface area contributed by atoms with Crippen LogP contribution < -0.4 is 0 Å².